The first-order valence-corrected chi connectivity index (χ1v) is 12.1. The lowest BCUT2D eigenvalue weighted by Gasteiger charge is -2.33. The quantitative estimate of drug-likeness (QED) is 0.502. The number of piperidine rings is 1. The third-order valence-corrected chi connectivity index (χ3v) is 7.83. The van der Waals surface area contributed by atoms with Gasteiger partial charge in [0, 0.05) is 19.0 Å². The van der Waals surface area contributed by atoms with Crippen LogP contribution in [0.4, 0.5) is 13.2 Å². The molecule has 37 heavy (non-hydrogen) atoms. The molecule has 3 N–H and O–H groups in total. The second kappa shape index (κ2) is 9.68. The summed E-state index contributed by atoms with van der Waals surface area (Å²) in [4.78, 5) is 52.0. The molecule has 1 aliphatic carbocycles. The molecule has 0 radical (unpaired) electrons. The van der Waals surface area contributed by atoms with Crippen molar-refractivity contribution in [2.45, 2.75) is 51.0 Å². The van der Waals surface area contributed by atoms with Crippen LogP contribution in [0.3, 0.4) is 0 Å². The van der Waals surface area contributed by atoms with Crippen LogP contribution in [-0.2, 0) is 19.2 Å². The van der Waals surface area contributed by atoms with Crippen molar-refractivity contribution in [2.24, 2.45) is 23.2 Å². The molecule has 3 unspecified atom stereocenters. The Morgan fingerprint density at radius 3 is 2.46 bits per heavy atom. The minimum Gasteiger partial charge on any atom is -0.356 e. The first kappa shape index (κ1) is 26.4. The van der Waals surface area contributed by atoms with Gasteiger partial charge in [-0.1, -0.05) is 44.2 Å². The Labute approximate surface area is 211 Å². The molecule has 0 aromatic heterocycles. The van der Waals surface area contributed by atoms with Crippen molar-refractivity contribution in [3.05, 3.63) is 35.9 Å². The largest absolute Gasteiger partial charge is 0.471 e. The van der Waals surface area contributed by atoms with E-state index in [1.54, 1.807) is 11.4 Å². The first-order chi connectivity index (χ1) is 17.4. The molecule has 3 aliphatic rings. The zero-order valence-corrected chi connectivity index (χ0v) is 20.3. The topological polar surface area (TPSA) is 131 Å². The number of hydrogen-bond acceptors (Lipinski definition) is 5. The normalized spacial score (nSPS) is 27.4. The van der Waals surface area contributed by atoms with Gasteiger partial charge in [0.2, 0.25) is 11.8 Å². The Morgan fingerprint density at radius 2 is 1.89 bits per heavy atom. The minimum atomic E-state index is -5.20. The number of nitrogens with zero attached hydrogens (tertiary/aromatic N) is 2. The van der Waals surface area contributed by atoms with Crippen LogP contribution in [0.2, 0.25) is 0 Å². The van der Waals surface area contributed by atoms with Crippen molar-refractivity contribution in [1.29, 1.82) is 5.26 Å². The van der Waals surface area contributed by atoms with Crippen LogP contribution in [0.15, 0.2) is 30.3 Å². The van der Waals surface area contributed by atoms with Crippen molar-refractivity contribution in [1.82, 2.24) is 20.9 Å². The third-order valence-electron chi connectivity index (χ3n) is 7.83. The smallest absolute Gasteiger partial charge is 0.356 e. The Kier molecular flexibility index (Phi) is 6.92. The summed E-state index contributed by atoms with van der Waals surface area (Å²) in [5.41, 5.74) is -0.143. The number of carbonyl (C=O) groups is 4. The van der Waals surface area contributed by atoms with Crippen LogP contribution in [0, 0.1) is 34.5 Å². The van der Waals surface area contributed by atoms with Crippen LogP contribution >= 0.6 is 0 Å². The second-order valence-electron chi connectivity index (χ2n) is 10.4. The van der Waals surface area contributed by atoms with E-state index in [0.29, 0.717) is 13.0 Å². The fourth-order valence-electron chi connectivity index (χ4n) is 5.68. The van der Waals surface area contributed by atoms with Crippen LogP contribution in [0.25, 0.3) is 0 Å². The lowest BCUT2D eigenvalue weighted by atomic mass is 9.96. The fourth-order valence-corrected chi connectivity index (χ4v) is 5.68. The Bertz CT molecular complexity index is 1130. The number of alkyl halides is 3. The number of nitrogens with one attached hydrogen (secondary N) is 3. The van der Waals surface area contributed by atoms with Gasteiger partial charge >= 0.3 is 12.1 Å². The molecule has 2 heterocycles. The van der Waals surface area contributed by atoms with Gasteiger partial charge in [0.1, 0.15) is 18.1 Å². The van der Waals surface area contributed by atoms with E-state index in [0.717, 1.165) is 0 Å². The SMILES string of the molecule is CC1(C)C2CN(C(=O)[C@@H](NC(=O)C(F)(F)F)c3ccccc3)C(C(=O)N[C@H](C#N)C[C@@H]3CCNC3=O)C21. The average Bonchev–Trinajstić information content (AvgIpc) is 3.20. The fraction of sp³-hybridized carbons (Fsp3) is 0.560. The summed E-state index contributed by atoms with van der Waals surface area (Å²) in [6.07, 6.45) is -4.55. The molecule has 1 aromatic carbocycles. The molecule has 12 heteroatoms. The van der Waals surface area contributed by atoms with Gasteiger partial charge in [-0.15, -0.1) is 0 Å². The van der Waals surface area contributed by atoms with E-state index in [2.05, 4.69) is 10.6 Å². The summed E-state index contributed by atoms with van der Waals surface area (Å²) >= 11 is 0. The summed E-state index contributed by atoms with van der Waals surface area (Å²) in [5, 5.41) is 16.7. The molecule has 4 amide bonds. The van der Waals surface area contributed by atoms with Crippen LogP contribution < -0.4 is 16.0 Å². The van der Waals surface area contributed by atoms with E-state index in [4.69, 9.17) is 0 Å². The van der Waals surface area contributed by atoms with Crippen molar-refractivity contribution >= 4 is 23.6 Å². The molecule has 1 aromatic rings. The zero-order valence-electron chi connectivity index (χ0n) is 20.3. The van der Waals surface area contributed by atoms with E-state index in [1.807, 2.05) is 19.9 Å². The van der Waals surface area contributed by atoms with E-state index >= 15 is 0 Å². The number of hydrogen-bond donors (Lipinski definition) is 3. The number of rotatable bonds is 7. The van der Waals surface area contributed by atoms with Gasteiger partial charge in [0.25, 0.3) is 5.91 Å². The number of halogens is 3. The highest BCUT2D eigenvalue weighted by molar-refractivity contribution is 5.95. The predicted molar refractivity (Wildman–Crippen MR) is 123 cm³/mol. The Morgan fingerprint density at radius 1 is 1.22 bits per heavy atom. The van der Waals surface area contributed by atoms with Crippen molar-refractivity contribution in [3.8, 4) is 6.07 Å². The number of benzene rings is 1. The second-order valence-corrected chi connectivity index (χ2v) is 10.4. The van der Waals surface area contributed by atoms with Gasteiger partial charge in [-0.2, -0.15) is 18.4 Å². The zero-order chi connectivity index (χ0) is 27.1. The van der Waals surface area contributed by atoms with Gasteiger partial charge in [0.15, 0.2) is 0 Å². The Hall–Kier alpha value is -3.62. The summed E-state index contributed by atoms with van der Waals surface area (Å²) in [7, 11) is 0. The van der Waals surface area contributed by atoms with Crippen molar-refractivity contribution < 1.29 is 32.3 Å². The molecule has 1 saturated carbocycles. The molecule has 2 aliphatic heterocycles. The predicted octanol–water partition coefficient (Wildman–Crippen LogP) is 1.42. The highest BCUT2D eigenvalue weighted by Gasteiger charge is 2.69. The summed E-state index contributed by atoms with van der Waals surface area (Å²) in [6, 6.07) is 5.85. The van der Waals surface area contributed by atoms with E-state index in [9.17, 15) is 37.6 Å². The lowest BCUT2D eigenvalue weighted by Crippen LogP contribution is -2.55. The Balaban J connectivity index is 1.57. The summed E-state index contributed by atoms with van der Waals surface area (Å²) < 4.78 is 39.2. The van der Waals surface area contributed by atoms with Crippen molar-refractivity contribution in [3.63, 3.8) is 0 Å². The number of fused-ring (bicyclic) bond motifs is 1. The number of nitriles is 1. The first-order valence-electron chi connectivity index (χ1n) is 12.1. The number of carbonyl (C=O) groups excluding carboxylic acids is 4. The molecule has 0 spiro atoms. The van der Waals surface area contributed by atoms with Gasteiger partial charge in [0.05, 0.1) is 6.07 Å². The molecule has 4 rings (SSSR count). The maximum atomic E-state index is 13.6. The molecule has 2 saturated heterocycles. The van der Waals surface area contributed by atoms with Crippen LogP contribution in [-0.4, -0.2) is 59.9 Å². The molecule has 9 nitrogen and oxygen atoms in total. The number of likely N-dealkylation sites (tertiary alicyclic amines) is 1. The maximum Gasteiger partial charge on any atom is 0.471 e. The van der Waals surface area contributed by atoms with E-state index in [-0.39, 0.29) is 41.7 Å². The molecule has 0 bridgehead atoms. The molecular weight excluding hydrogens is 491 g/mol. The van der Waals surface area contributed by atoms with Gasteiger partial charge in [-0.25, -0.2) is 0 Å². The van der Waals surface area contributed by atoms with Gasteiger partial charge in [-0.05, 0) is 35.7 Å². The van der Waals surface area contributed by atoms with Crippen LogP contribution in [0.5, 0.6) is 0 Å². The third kappa shape index (κ3) is 5.12. The average molecular weight is 520 g/mol. The van der Waals surface area contributed by atoms with Gasteiger partial charge in [-0.3, -0.25) is 19.2 Å². The minimum absolute atomic E-state index is 0.0666. The van der Waals surface area contributed by atoms with Crippen molar-refractivity contribution in [2.75, 3.05) is 13.1 Å². The van der Waals surface area contributed by atoms with Gasteiger partial charge < -0.3 is 20.9 Å². The standard InChI is InChI=1S/C25H28F3N5O4/c1-24(2)16-12-33(22(36)18(13-6-4-3-5-7-13)32-23(37)25(26,27)28)19(17(16)24)21(35)31-15(11-29)10-14-8-9-30-20(14)34/h3-7,14-19H,8-10,12H2,1-2H3,(H,30,34)(H,31,35)(H,32,37)/t14-,15-,16?,17?,18-,19?/m0/s1. The highest BCUT2D eigenvalue weighted by atomic mass is 19.4. The maximum absolute atomic E-state index is 13.6. The monoisotopic (exact) mass is 519 g/mol. The molecular formula is C25H28F3N5O4. The molecule has 6 atom stereocenters. The highest BCUT2D eigenvalue weighted by Crippen LogP contribution is 2.65. The molecule has 198 valence electrons. The van der Waals surface area contributed by atoms with E-state index in [1.165, 1.54) is 29.2 Å². The lowest BCUT2D eigenvalue weighted by molar-refractivity contribution is -0.175. The summed E-state index contributed by atoms with van der Waals surface area (Å²) in [6.45, 7) is 4.50. The molecule has 3 fully saturated rings. The van der Waals surface area contributed by atoms with Crippen LogP contribution in [0.1, 0.15) is 38.3 Å². The summed E-state index contributed by atoms with van der Waals surface area (Å²) in [5.74, 6) is -4.65. The van der Waals surface area contributed by atoms with E-state index < -0.39 is 47.9 Å². The number of amides is 4.